The molecule has 0 aliphatic carbocycles. The van der Waals surface area contributed by atoms with E-state index in [0.717, 1.165) is 32.4 Å². The molecule has 0 N–H and O–H groups in total. The molecule has 4 aliphatic rings. The van der Waals surface area contributed by atoms with Crippen LogP contribution in [-0.4, -0.2) is 74.7 Å². The number of carbonyl (C=O) groups is 2. The number of amides is 2. The maximum Gasteiger partial charge on any atom is 0.246 e. The van der Waals surface area contributed by atoms with Crippen LogP contribution < -0.4 is 0 Å². The minimum Gasteiger partial charge on any atom is -0.438 e. The molecule has 2 amide bonds. The highest BCUT2D eigenvalue weighted by Gasteiger charge is 2.52. The molecule has 0 aromatic carbocycles. The summed E-state index contributed by atoms with van der Waals surface area (Å²) in [5, 5.41) is 0. The summed E-state index contributed by atoms with van der Waals surface area (Å²) < 4.78 is 5.91. The molecule has 6 rings (SSSR count). The molecule has 2 bridgehead atoms. The number of rotatable bonds is 3. The van der Waals surface area contributed by atoms with Crippen LogP contribution >= 0.6 is 0 Å². The lowest BCUT2D eigenvalue weighted by Crippen LogP contribution is -2.68. The van der Waals surface area contributed by atoms with E-state index in [9.17, 15) is 9.59 Å². The van der Waals surface area contributed by atoms with Crippen LogP contribution in [0, 0.1) is 11.8 Å². The predicted octanol–water partition coefficient (Wildman–Crippen LogP) is 1.82. The van der Waals surface area contributed by atoms with E-state index < -0.39 is 0 Å². The summed E-state index contributed by atoms with van der Waals surface area (Å²) in [5.74, 6) is 1.48. The molecule has 2 aromatic heterocycles. The Kier molecular flexibility index (Phi) is 4.56. The number of pyridine rings is 1. The van der Waals surface area contributed by atoms with Crippen LogP contribution in [0.3, 0.4) is 0 Å². The van der Waals surface area contributed by atoms with E-state index >= 15 is 0 Å². The van der Waals surface area contributed by atoms with Gasteiger partial charge in [-0.2, -0.15) is 4.98 Å². The van der Waals surface area contributed by atoms with Crippen LogP contribution in [0.2, 0.25) is 0 Å². The molecule has 6 heterocycles. The molecule has 0 spiro atoms. The maximum atomic E-state index is 13.5. The Bertz CT molecular complexity index is 1010. The summed E-state index contributed by atoms with van der Waals surface area (Å²) in [6.07, 6.45) is 9.28. The van der Waals surface area contributed by atoms with Crippen LogP contribution in [0.25, 0.3) is 11.2 Å². The van der Waals surface area contributed by atoms with Gasteiger partial charge in [-0.05, 0) is 37.3 Å². The van der Waals surface area contributed by atoms with Crippen molar-refractivity contribution in [3.8, 4) is 0 Å². The van der Waals surface area contributed by atoms with Gasteiger partial charge in [0.25, 0.3) is 0 Å². The van der Waals surface area contributed by atoms with Crippen molar-refractivity contribution in [2.75, 3.05) is 26.2 Å². The van der Waals surface area contributed by atoms with Gasteiger partial charge in [-0.1, -0.05) is 12.2 Å². The molecular formula is C23H27N5O3. The fraction of sp³-hybridized carbons (Fsp3) is 0.565. The average Bonchev–Trinajstić information content (AvgIpc) is 3.44. The van der Waals surface area contributed by atoms with Crippen molar-refractivity contribution in [1.29, 1.82) is 0 Å². The van der Waals surface area contributed by atoms with Gasteiger partial charge in [0.1, 0.15) is 6.04 Å². The summed E-state index contributed by atoms with van der Waals surface area (Å²) in [7, 11) is 0. The Morgan fingerprint density at radius 3 is 2.87 bits per heavy atom. The molecule has 31 heavy (non-hydrogen) atoms. The topological polar surface area (TPSA) is 82.8 Å². The van der Waals surface area contributed by atoms with Gasteiger partial charge < -0.3 is 14.2 Å². The van der Waals surface area contributed by atoms with Crippen LogP contribution in [0.5, 0.6) is 0 Å². The summed E-state index contributed by atoms with van der Waals surface area (Å²) in [4.78, 5) is 41.5. The number of fused-ring (bicyclic) bond motifs is 5. The zero-order valence-corrected chi connectivity index (χ0v) is 17.5. The molecule has 4 aliphatic heterocycles. The molecule has 8 heteroatoms. The lowest BCUT2D eigenvalue weighted by molar-refractivity contribution is -0.165. The molecule has 0 radical (unpaired) electrons. The number of piperidine rings is 3. The zero-order valence-electron chi connectivity index (χ0n) is 17.5. The van der Waals surface area contributed by atoms with E-state index in [4.69, 9.17) is 4.42 Å². The third-order valence-corrected chi connectivity index (χ3v) is 7.37. The number of hydrogen-bond donors (Lipinski definition) is 0. The smallest absolute Gasteiger partial charge is 0.246 e. The van der Waals surface area contributed by atoms with Crippen molar-refractivity contribution in [1.82, 2.24) is 24.7 Å². The van der Waals surface area contributed by atoms with Crippen molar-refractivity contribution in [3.05, 3.63) is 36.4 Å². The highest BCUT2D eigenvalue weighted by atomic mass is 16.3. The molecule has 162 valence electrons. The van der Waals surface area contributed by atoms with E-state index in [1.54, 1.807) is 6.20 Å². The molecular weight excluding hydrogens is 394 g/mol. The van der Waals surface area contributed by atoms with Crippen molar-refractivity contribution >= 4 is 23.0 Å². The van der Waals surface area contributed by atoms with Crippen molar-refractivity contribution in [2.24, 2.45) is 11.8 Å². The molecule has 2 aromatic rings. The number of nitrogens with zero attached hydrogens (tertiary/aromatic N) is 5. The third kappa shape index (κ3) is 3.24. The molecule has 3 fully saturated rings. The number of aromatic nitrogens is 2. The molecule has 3 saturated heterocycles. The van der Waals surface area contributed by atoms with E-state index in [0.29, 0.717) is 49.1 Å². The highest BCUT2D eigenvalue weighted by Crippen LogP contribution is 2.42. The monoisotopic (exact) mass is 421 g/mol. The van der Waals surface area contributed by atoms with Gasteiger partial charge >= 0.3 is 0 Å². The van der Waals surface area contributed by atoms with Gasteiger partial charge in [0.15, 0.2) is 11.2 Å². The Hall–Kier alpha value is -2.74. The average molecular weight is 422 g/mol. The SMILES string of the molecule is O=C([C@H]1[C@@H]2C[C@@H](CN(Cc3nc4ncccc4o3)C2)[C@@H]2CCCC(=O)N21)N1CC=CC1. The number of carbonyl (C=O) groups excluding carboxylic acids is 2. The van der Waals surface area contributed by atoms with Gasteiger partial charge in [0, 0.05) is 50.8 Å². The first-order valence-electron chi connectivity index (χ1n) is 11.3. The quantitative estimate of drug-likeness (QED) is 0.703. The number of hydrogen-bond acceptors (Lipinski definition) is 6. The van der Waals surface area contributed by atoms with Crippen molar-refractivity contribution in [2.45, 2.75) is 44.3 Å². The first-order valence-corrected chi connectivity index (χ1v) is 11.3. The number of likely N-dealkylation sites (tertiary alicyclic amines) is 1. The molecule has 0 unspecified atom stereocenters. The Balaban J connectivity index is 1.27. The minimum absolute atomic E-state index is 0.113. The lowest BCUT2D eigenvalue weighted by Gasteiger charge is -2.56. The Morgan fingerprint density at radius 1 is 1.19 bits per heavy atom. The molecule has 8 nitrogen and oxygen atoms in total. The van der Waals surface area contributed by atoms with Gasteiger partial charge in [-0.15, -0.1) is 0 Å². The van der Waals surface area contributed by atoms with Crippen LogP contribution in [0.15, 0.2) is 34.9 Å². The third-order valence-electron chi connectivity index (χ3n) is 7.37. The summed E-state index contributed by atoms with van der Waals surface area (Å²) in [6, 6.07) is 3.55. The second-order valence-electron chi connectivity index (χ2n) is 9.30. The normalized spacial score (nSPS) is 30.8. The van der Waals surface area contributed by atoms with Crippen LogP contribution in [0.4, 0.5) is 0 Å². The lowest BCUT2D eigenvalue weighted by atomic mass is 9.71. The maximum absolute atomic E-state index is 13.5. The largest absolute Gasteiger partial charge is 0.438 e. The molecule has 0 saturated carbocycles. The van der Waals surface area contributed by atoms with E-state index in [2.05, 4.69) is 14.9 Å². The van der Waals surface area contributed by atoms with Crippen molar-refractivity contribution in [3.63, 3.8) is 0 Å². The first-order chi connectivity index (χ1) is 15.2. The summed E-state index contributed by atoms with van der Waals surface area (Å²) in [5.41, 5.74) is 1.33. The van der Waals surface area contributed by atoms with E-state index in [-0.39, 0.29) is 29.8 Å². The standard InChI is InChI=1S/C23H27N5O3/c29-20-7-3-5-17-15-11-16(21(28(17)20)23(30)27-9-1-2-10-27)13-26(12-15)14-19-25-22-18(31-19)6-4-8-24-22/h1-2,4,6,8,15-17,21H,3,5,7,9-14H2/t15-,16+,17-,21+/m0/s1. The fourth-order valence-corrected chi connectivity index (χ4v) is 6.12. The second kappa shape index (κ2) is 7.44. The first kappa shape index (κ1) is 19.0. The van der Waals surface area contributed by atoms with Gasteiger partial charge in [-0.3, -0.25) is 14.5 Å². The fourth-order valence-electron chi connectivity index (χ4n) is 6.12. The summed E-state index contributed by atoms with van der Waals surface area (Å²) >= 11 is 0. The molecule has 4 atom stereocenters. The Morgan fingerprint density at radius 2 is 2.03 bits per heavy atom. The van der Waals surface area contributed by atoms with Crippen molar-refractivity contribution < 1.29 is 14.0 Å². The highest BCUT2D eigenvalue weighted by molar-refractivity contribution is 5.89. The van der Waals surface area contributed by atoms with Crippen LogP contribution in [-0.2, 0) is 16.1 Å². The Labute approximate surface area is 180 Å². The van der Waals surface area contributed by atoms with Crippen LogP contribution in [0.1, 0.15) is 31.6 Å². The van der Waals surface area contributed by atoms with Gasteiger partial charge in [0.05, 0.1) is 6.54 Å². The van der Waals surface area contributed by atoms with Gasteiger partial charge in [-0.25, -0.2) is 4.98 Å². The minimum atomic E-state index is -0.345. The van der Waals surface area contributed by atoms with Gasteiger partial charge in [0.2, 0.25) is 17.7 Å². The zero-order chi connectivity index (χ0) is 20.9. The van der Waals surface area contributed by atoms with E-state index in [1.165, 1.54) is 0 Å². The number of oxazole rings is 1. The summed E-state index contributed by atoms with van der Waals surface area (Å²) in [6.45, 7) is 3.59. The van der Waals surface area contributed by atoms with E-state index in [1.807, 2.05) is 34.1 Å². The second-order valence-corrected chi connectivity index (χ2v) is 9.30. The predicted molar refractivity (Wildman–Crippen MR) is 113 cm³/mol.